The van der Waals surface area contributed by atoms with E-state index < -0.39 is 5.97 Å². The molecule has 1 heterocycles. The van der Waals surface area contributed by atoms with Crippen LogP contribution in [0.4, 0.5) is 0 Å². The van der Waals surface area contributed by atoms with Crippen molar-refractivity contribution in [3.63, 3.8) is 0 Å². The lowest BCUT2D eigenvalue weighted by molar-refractivity contribution is -0.136. The molecule has 0 bridgehead atoms. The van der Waals surface area contributed by atoms with E-state index in [9.17, 15) is 9.59 Å². The Bertz CT molecular complexity index is 480. The SMILES string of the molecule is Cc1cc(OCC(=O)N2CCC2)ccc1C(=O)O. The number of carboxylic acid groups (broad SMARTS) is 1. The van der Waals surface area contributed by atoms with Crippen molar-refractivity contribution in [3.8, 4) is 5.75 Å². The van der Waals surface area contributed by atoms with E-state index in [2.05, 4.69) is 0 Å². The normalized spacial score (nSPS) is 13.9. The van der Waals surface area contributed by atoms with Crippen LogP contribution in [0.25, 0.3) is 0 Å². The maximum absolute atomic E-state index is 11.6. The first-order chi connectivity index (χ1) is 8.58. The number of carbonyl (C=O) groups excluding carboxylic acids is 1. The van der Waals surface area contributed by atoms with Gasteiger partial charge in [-0.25, -0.2) is 4.79 Å². The van der Waals surface area contributed by atoms with Crippen molar-refractivity contribution in [3.05, 3.63) is 29.3 Å². The summed E-state index contributed by atoms with van der Waals surface area (Å²) < 4.78 is 5.36. The van der Waals surface area contributed by atoms with Gasteiger partial charge in [-0.3, -0.25) is 4.79 Å². The molecule has 1 aliphatic heterocycles. The van der Waals surface area contributed by atoms with Gasteiger partial charge in [0.25, 0.3) is 5.91 Å². The third-order valence-corrected chi connectivity index (χ3v) is 3.00. The minimum atomic E-state index is -0.962. The Hall–Kier alpha value is -2.04. The molecule has 2 rings (SSSR count). The number of aryl methyl sites for hydroxylation is 1. The molecule has 1 aromatic carbocycles. The molecule has 0 spiro atoms. The number of likely N-dealkylation sites (tertiary alicyclic amines) is 1. The summed E-state index contributed by atoms with van der Waals surface area (Å²) in [6, 6.07) is 4.69. The van der Waals surface area contributed by atoms with E-state index in [1.807, 2.05) is 0 Å². The third-order valence-electron chi connectivity index (χ3n) is 3.00. The fourth-order valence-corrected chi connectivity index (χ4v) is 1.77. The van der Waals surface area contributed by atoms with E-state index >= 15 is 0 Å². The first-order valence-electron chi connectivity index (χ1n) is 5.82. The fraction of sp³-hybridized carbons (Fsp3) is 0.385. The Morgan fingerprint density at radius 2 is 2.11 bits per heavy atom. The van der Waals surface area contributed by atoms with Crippen LogP contribution in [0.3, 0.4) is 0 Å². The van der Waals surface area contributed by atoms with Crippen LogP contribution in [-0.2, 0) is 4.79 Å². The van der Waals surface area contributed by atoms with Gasteiger partial charge < -0.3 is 14.7 Å². The van der Waals surface area contributed by atoms with Crippen molar-refractivity contribution < 1.29 is 19.4 Å². The molecule has 0 aliphatic carbocycles. The van der Waals surface area contributed by atoms with Crippen molar-refractivity contribution in [1.82, 2.24) is 4.90 Å². The van der Waals surface area contributed by atoms with Gasteiger partial charge in [-0.05, 0) is 37.1 Å². The first kappa shape index (κ1) is 12.4. The lowest BCUT2D eigenvalue weighted by Gasteiger charge is -2.30. The van der Waals surface area contributed by atoms with Crippen LogP contribution in [0, 0.1) is 6.92 Å². The largest absolute Gasteiger partial charge is 0.484 e. The second-order valence-corrected chi connectivity index (χ2v) is 4.30. The zero-order valence-electron chi connectivity index (χ0n) is 10.2. The molecule has 1 amide bonds. The van der Waals surface area contributed by atoms with E-state index in [4.69, 9.17) is 9.84 Å². The van der Waals surface area contributed by atoms with Gasteiger partial charge in [0, 0.05) is 13.1 Å². The second kappa shape index (κ2) is 5.08. The maximum Gasteiger partial charge on any atom is 0.335 e. The smallest absolute Gasteiger partial charge is 0.335 e. The Balaban J connectivity index is 1.95. The number of ether oxygens (including phenoxy) is 1. The van der Waals surface area contributed by atoms with Gasteiger partial charge >= 0.3 is 5.97 Å². The average Bonchev–Trinajstić information content (AvgIpc) is 2.23. The standard InChI is InChI=1S/C13H15NO4/c1-9-7-10(3-4-11(9)13(16)17)18-8-12(15)14-5-2-6-14/h3-4,7H,2,5-6,8H2,1H3,(H,16,17). The highest BCUT2D eigenvalue weighted by molar-refractivity contribution is 5.89. The van der Waals surface area contributed by atoms with Crippen LogP contribution in [0.1, 0.15) is 22.3 Å². The number of rotatable bonds is 4. The highest BCUT2D eigenvalue weighted by Gasteiger charge is 2.20. The molecule has 96 valence electrons. The average molecular weight is 249 g/mol. The molecule has 18 heavy (non-hydrogen) atoms. The number of carboxylic acids is 1. The fourth-order valence-electron chi connectivity index (χ4n) is 1.77. The molecule has 1 saturated heterocycles. The van der Waals surface area contributed by atoms with Crippen LogP contribution in [-0.4, -0.2) is 41.6 Å². The van der Waals surface area contributed by atoms with Crippen LogP contribution in [0.15, 0.2) is 18.2 Å². The van der Waals surface area contributed by atoms with Gasteiger partial charge in [-0.1, -0.05) is 0 Å². The van der Waals surface area contributed by atoms with Crippen LogP contribution in [0.2, 0.25) is 0 Å². The lowest BCUT2D eigenvalue weighted by Crippen LogP contribution is -2.44. The minimum Gasteiger partial charge on any atom is -0.484 e. The highest BCUT2D eigenvalue weighted by Crippen LogP contribution is 2.17. The molecular weight excluding hydrogens is 234 g/mol. The first-order valence-corrected chi connectivity index (χ1v) is 5.82. The number of benzene rings is 1. The van der Waals surface area contributed by atoms with Crippen molar-refractivity contribution in [2.75, 3.05) is 19.7 Å². The molecule has 5 nitrogen and oxygen atoms in total. The summed E-state index contributed by atoms with van der Waals surface area (Å²) in [6.45, 7) is 3.32. The zero-order chi connectivity index (χ0) is 13.1. The van der Waals surface area contributed by atoms with Crippen molar-refractivity contribution in [2.45, 2.75) is 13.3 Å². The highest BCUT2D eigenvalue weighted by atomic mass is 16.5. The molecule has 1 aromatic rings. The Kier molecular flexibility index (Phi) is 3.50. The molecule has 0 atom stereocenters. The molecule has 0 radical (unpaired) electrons. The zero-order valence-corrected chi connectivity index (χ0v) is 10.2. The predicted molar refractivity (Wildman–Crippen MR) is 64.8 cm³/mol. The van der Waals surface area contributed by atoms with E-state index in [-0.39, 0.29) is 18.1 Å². The van der Waals surface area contributed by atoms with E-state index in [0.29, 0.717) is 11.3 Å². The summed E-state index contributed by atoms with van der Waals surface area (Å²) in [5.74, 6) is -0.469. The number of amides is 1. The van der Waals surface area contributed by atoms with E-state index in [0.717, 1.165) is 19.5 Å². The van der Waals surface area contributed by atoms with Gasteiger partial charge in [-0.15, -0.1) is 0 Å². The number of hydrogen-bond acceptors (Lipinski definition) is 3. The molecule has 1 aliphatic rings. The molecule has 0 aromatic heterocycles. The minimum absolute atomic E-state index is 0.00581. The summed E-state index contributed by atoms with van der Waals surface area (Å²) in [5, 5.41) is 8.89. The molecule has 0 unspecified atom stereocenters. The summed E-state index contributed by atoms with van der Waals surface area (Å²) in [5.41, 5.74) is 0.868. The number of nitrogens with zero attached hydrogens (tertiary/aromatic N) is 1. The van der Waals surface area contributed by atoms with Gasteiger partial charge in [-0.2, -0.15) is 0 Å². The second-order valence-electron chi connectivity index (χ2n) is 4.30. The van der Waals surface area contributed by atoms with E-state index in [1.54, 1.807) is 24.0 Å². The van der Waals surface area contributed by atoms with Gasteiger partial charge in [0.1, 0.15) is 5.75 Å². The Morgan fingerprint density at radius 3 is 2.61 bits per heavy atom. The molecule has 0 saturated carbocycles. The number of carbonyl (C=O) groups is 2. The molecule has 1 fully saturated rings. The molecule has 1 N–H and O–H groups in total. The van der Waals surface area contributed by atoms with Crippen molar-refractivity contribution in [2.24, 2.45) is 0 Å². The Morgan fingerprint density at radius 1 is 1.39 bits per heavy atom. The lowest BCUT2D eigenvalue weighted by atomic mass is 10.1. The maximum atomic E-state index is 11.6. The van der Waals surface area contributed by atoms with Crippen molar-refractivity contribution >= 4 is 11.9 Å². The van der Waals surface area contributed by atoms with Crippen LogP contribution >= 0.6 is 0 Å². The van der Waals surface area contributed by atoms with Gasteiger partial charge in [0.05, 0.1) is 5.56 Å². The van der Waals surface area contributed by atoms with Gasteiger partial charge in [0.15, 0.2) is 6.61 Å². The van der Waals surface area contributed by atoms with Gasteiger partial charge in [0.2, 0.25) is 0 Å². The summed E-state index contributed by atoms with van der Waals surface area (Å²) in [7, 11) is 0. The van der Waals surface area contributed by atoms with Crippen LogP contribution in [0.5, 0.6) is 5.75 Å². The summed E-state index contributed by atoms with van der Waals surface area (Å²) >= 11 is 0. The van der Waals surface area contributed by atoms with Crippen molar-refractivity contribution in [1.29, 1.82) is 0 Å². The summed E-state index contributed by atoms with van der Waals surface area (Å²) in [4.78, 5) is 24.1. The Labute approximate surface area is 105 Å². The predicted octanol–water partition coefficient (Wildman–Crippen LogP) is 1.30. The molecule has 5 heteroatoms. The quantitative estimate of drug-likeness (QED) is 0.873. The van der Waals surface area contributed by atoms with E-state index in [1.165, 1.54) is 6.07 Å². The topological polar surface area (TPSA) is 66.8 Å². The summed E-state index contributed by atoms with van der Waals surface area (Å²) in [6.07, 6.45) is 1.05. The number of hydrogen-bond donors (Lipinski definition) is 1. The number of aromatic carboxylic acids is 1. The molecular formula is C13H15NO4. The third kappa shape index (κ3) is 2.61. The monoisotopic (exact) mass is 249 g/mol. The van der Waals surface area contributed by atoms with Crippen LogP contribution < -0.4 is 4.74 Å².